The summed E-state index contributed by atoms with van der Waals surface area (Å²) in [6, 6.07) is 0. The molecule has 0 aliphatic carbocycles. The van der Waals surface area contributed by atoms with Crippen molar-refractivity contribution >= 4 is 19.1 Å². The molecule has 0 aromatic carbocycles. The van der Waals surface area contributed by atoms with Gasteiger partial charge in [-0.05, 0) is 0 Å². The summed E-state index contributed by atoms with van der Waals surface area (Å²) in [4.78, 5) is 0. The molecule has 0 nitrogen and oxygen atoms in total. The number of halogens is 3. The van der Waals surface area contributed by atoms with Crippen molar-refractivity contribution in [1.82, 2.24) is 0 Å². The van der Waals surface area contributed by atoms with Gasteiger partial charge in [-0.2, -0.15) is 0 Å². The largest absolute Gasteiger partial charge is 1.00 e. The van der Waals surface area contributed by atoms with Crippen molar-refractivity contribution in [2.45, 2.75) is 0 Å². The number of hydrogen-bond donors (Lipinski definition) is 0. The fourth-order valence-corrected chi connectivity index (χ4v) is 0. The van der Waals surface area contributed by atoms with Gasteiger partial charge in [0.05, 0.1) is 0 Å². The first-order chi connectivity index (χ1) is 1.41. The Morgan fingerprint density at radius 3 is 1.20 bits per heavy atom. The molecular weight excluding hydrogens is 236 g/mol. The summed E-state index contributed by atoms with van der Waals surface area (Å²) in [5.74, 6) is 0. The normalized spacial score (nSPS) is 4.40. The first kappa shape index (κ1) is 15.6. The molecule has 0 bridgehead atoms. The van der Waals surface area contributed by atoms with Gasteiger partial charge in [-0.25, -0.2) is 0 Å². The SMILES string of the molecule is [Cl-].[Cl][Pd][Cl].[Na+]. The Bertz CT molecular complexity index is 6.85. The van der Waals surface area contributed by atoms with Gasteiger partial charge in [-0.3, -0.25) is 0 Å². The molecule has 0 amide bonds. The van der Waals surface area contributed by atoms with Crippen molar-refractivity contribution in [3.8, 4) is 0 Å². The average Bonchev–Trinajstić information content (AvgIpc) is 0.918. The second-order valence-electron chi connectivity index (χ2n) is 0.0452. The maximum absolute atomic E-state index is 4.81. The van der Waals surface area contributed by atoms with Gasteiger partial charge >= 0.3 is 64.6 Å². The van der Waals surface area contributed by atoms with E-state index in [2.05, 4.69) is 0 Å². The third kappa shape index (κ3) is 20.9. The maximum Gasteiger partial charge on any atom is 1.00 e. The van der Waals surface area contributed by atoms with Gasteiger partial charge in [0, 0.05) is 0 Å². The molecule has 0 N–H and O–H groups in total. The molecule has 0 unspecified atom stereocenters. The van der Waals surface area contributed by atoms with E-state index >= 15 is 0 Å². The predicted octanol–water partition coefficient (Wildman–Crippen LogP) is -4.62. The van der Waals surface area contributed by atoms with Gasteiger partial charge in [-0.1, -0.05) is 0 Å². The van der Waals surface area contributed by atoms with Crippen LogP contribution in [0.25, 0.3) is 0 Å². The van der Waals surface area contributed by atoms with Crippen LogP contribution >= 0.6 is 19.1 Å². The molecule has 0 fully saturated rings. The monoisotopic (exact) mass is 234 g/mol. The molecule has 0 aromatic rings. The molecule has 0 aliphatic heterocycles. The van der Waals surface area contributed by atoms with Crippen molar-refractivity contribution in [3.05, 3.63) is 0 Å². The van der Waals surface area contributed by atoms with Gasteiger partial charge in [0.2, 0.25) is 0 Å². The summed E-state index contributed by atoms with van der Waals surface area (Å²) in [5, 5.41) is 0. The van der Waals surface area contributed by atoms with Crippen LogP contribution in [0.5, 0.6) is 0 Å². The van der Waals surface area contributed by atoms with Crippen LogP contribution in [0, 0.1) is 0 Å². The van der Waals surface area contributed by atoms with E-state index in [1.165, 1.54) is 0 Å². The molecule has 0 aromatic heterocycles. The number of hydrogen-bond acceptors (Lipinski definition) is 0. The maximum atomic E-state index is 4.81. The molecule has 0 saturated carbocycles. The average molecular weight is 236 g/mol. The van der Waals surface area contributed by atoms with Crippen LogP contribution in [0.4, 0.5) is 0 Å². The second-order valence-corrected chi connectivity index (χ2v) is 2.41. The van der Waals surface area contributed by atoms with Crippen molar-refractivity contribution in [2.75, 3.05) is 0 Å². The fraction of sp³-hybridized carbons (Fsp3) is 0. The Kier molecular flexibility index (Phi) is 50.1. The van der Waals surface area contributed by atoms with E-state index in [9.17, 15) is 0 Å². The molecule has 0 spiro atoms. The Morgan fingerprint density at radius 1 is 1.20 bits per heavy atom. The van der Waals surface area contributed by atoms with E-state index in [1.54, 1.807) is 0 Å². The van der Waals surface area contributed by atoms with Gasteiger partial charge in [0.15, 0.2) is 0 Å². The van der Waals surface area contributed by atoms with Crippen molar-refractivity contribution < 1.29 is 57.9 Å². The van der Waals surface area contributed by atoms with E-state index in [-0.39, 0.29) is 57.9 Å². The quantitative estimate of drug-likeness (QED) is 0.371. The topological polar surface area (TPSA) is 0 Å². The van der Waals surface area contributed by atoms with Crippen LogP contribution in [0.15, 0.2) is 0 Å². The molecule has 5 heavy (non-hydrogen) atoms. The zero-order valence-electron chi connectivity index (χ0n) is 2.45. The van der Waals surface area contributed by atoms with Crippen LogP contribution in [0.1, 0.15) is 0 Å². The molecular formula is Cl3NaPd. The van der Waals surface area contributed by atoms with Crippen LogP contribution < -0.4 is 42.0 Å². The smallest absolute Gasteiger partial charge is 1.00 e. The molecule has 0 rings (SSSR count). The summed E-state index contributed by atoms with van der Waals surface area (Å²) in [5.41, 5.74) is 0. The summed E-state index contributed by atoms with van der Waals surface area (Å²) >= 11 is -0.106. The van der Waals surface area contributed by atoms with Gasteiger partial charge in [0.25, 0.3) is 0 Å². The zero-order valence-corrected chi connectivity index (χ0v) is 8.27. The van der Waals surface area contributed by atoms with E-state index < -0.39 is 0 Å². The Hall–Kier alpha value is 2.53. The minimum atomic E-state index is -0.106. The minimum Gasteiger partial charge on any atom is 1.00 e. The third-order valence-electron chi connectivity index (χ3n) is 0. The minimum absolute atomic E-state index is 0. The Balaban J connectivity index is -0.0000000200. The van der Waals surface area contributed by atoms with E-state index in [0.29, 0.717) is 0 Å². The summed E-state index contributed by atoms with van der Waals surface area (Å²) in [6.45, 7) is 0. The van der Waals surface area contributed by atoms with Gasteiger partial charge < -0.3 is 12.4 Å². The van der Waals surface area contributed by atoms with Crippen LogP contribution in [-0.4, -0.2) is 0 Å². The Morgan fingerprint density at radius 2 is 1.20 bits per heavy atom. The standard InChI is InChI=1S/3ClH.Na.Pd/h3*1H;;/q;;;+1;+2/p-3. The van der Waals surface area contributed by atoms with Gasteiger partial charge in [0.1, 0.15) is 0 Å². The summed E-state index contributed by atoms with van der Waals surface area (Å²) < 4.78 is 0. The van der Waals surface area contributed by atoms with E-state index in [0.717, 1.165) is 0 Å². The third-order valence-corrected chi connectivity index (χ3v) is 0. The van der Waals surface area contributed by atoms with E-state index in [4.69, 9.17) is 19.1 Å². The van der Waals surface area contributed by atoms with Crippen LogP contribution in [0.2, 0.25) is 0 Å². The van der Waals surface area contributed by atoms with Crippen molar-refractivity contribution in [3.63, 3.8) is 0 Å². The van der Waals surface area contributed by atoms with E-state index in [1.807, 2.05) is 0 Å². The molecule has 32 valence electrons. The summed E-state index contributed by atoms with van der Waals surface area (Å²) in [7, 11) is 9.63. The van der Waals surface area contributed by atoms with Gasteiger partial charge in [-0.15, -0.1) is 0 Å². The van der Waals surface area contributed by atoms with Crippen LogP contribution in [0.3, 0.4) is 0 Å². The first-order valence-corrected chi connectivity index (χ1v) is 4.24. The molecule has 0 radical (unpaired) electrons. The molecule has 0 atom stereocenters. The van der Waals surface area contributed by atoms with Crippen molar-refractivity contribution in [2.24, 2.45) is 0 Å². The molecule has 0 aliphatic rings. The molecule has 0 saturated heterocycles. The number of rotatable bonds is 0. The molecule has 0 heterocycles. The van der Waals surface area contributed by atoms with Crippen LogP contribution in [-0.2, 0) is 15.9 Å². The first-order valence-electron chi connectivity index (χ1n) is 0.239. The predicted molar refractivity (Wildman–Crippen MR) is 11.7 cm³/mol. The summed E-state index contributed by atoms with van der Waals surface area (Å²) in [6.07, 6.45) is 0. The molecule has 5 heteroatoms. The van der Waals surface area contributed by atoms with Crippen molar-refractivity contribution in [1.29, 1.82) is 0 Å². The Labute approximate surface area is 75.8 Å². The zero-order chi connectivity index (χ0) is 2.71. The fourth-order valence-electron chi connectivity index (χ4n) is 0. The second kappa shape index (κ2) is 16.0.